The molecule has 2 aromatic rings. The van der Waals surface area contributed by atoms with Crippen molar-refractivity contribution >= 4 is 30.1 Å². The van der Waals surface area contributed by atoms with Crippen LogP contribution in [0.3, 0.4) is 0 Å². The topological polar surface area (TPSA) is 200 Å². The summed E-state index contributed by atoms with van der Waals surface area (Å²) in [4.78, 5) is 37.6. The summed E-state index contributed by atoms with van der Waals surface area (Å²) in [7, 11) is 1.03. The van der Waals surface area contributed by atoms with E-state index in [0.29, 0.717) is 11.1 Å². The van der Waals surface area contributed by atoms with Crippen molar-refractivity contribution in [1.82, 2.24) is 0 Å². The van der Waals surface area contributed by atoms with Crippen LogP contribution in [0.25, 0.3) is 12.2 Å². The van der Waals surface area contributed by atoms with E-state index in [1.54, 1.807) is 0 Å². The van der Waals surface area contributed by atoms with Gasteiger partial charge >= 0.3 is 17.9 Å². The lowest BCUT2D eigenvalue weighted by molar-refractivity contribution is -0.208. The van der Waals surface area contributed by atoms with Crippen molar-refractivity contribution in [1.29, 1.82) is 0 Å². The number of carbonyl (C=O) groups excluding carboxylic acids is 3. The van der Waals surface area contributed by atoms with Gasteiger partial charge in [-0.05, 0) is 47.5 Å². The number of phenolic OH excluding ortho intramolecular Hbond substituents is 4. The van der Waals surface area contributed by atoms with Crippen molar-refractivity contribution in [2.24, 2.45) is 0 Å². The zero-order valence-electron chi connectivity index (χ0n) is 20.1. The van der Waals surface area contributed by atoms with Gasteiger partial charge in [0.2, 0.25) is 5.60 Å². The Morgan fingerprint density at radius 2 is 1.34 bits per heavy atom. The van der Waals surface area contributed by atoms with Crippen LogP contribution in [0.2, 0.25) is 0 Å². The first-order valence-electron chi connectivity index (χ1n) is 11.2. The molecule has 0 amide bonds. The molecule has 12 nitrogen and oxygen atoms in total. The molecule has 0 radical (unpaired) electrons. The van der Waals surface area contributed by atoms with E-state index < -0.39 is 66.2 Å². The molecular weight excluding hydrogens is 504 g/mol. The van der Waals surface area contributed by atoms with Gasteiger partial charge in [0.25, 0.3) is 0 Å². The SMILES string of the molecule is COC(=O)[C@@]1(OC(=O)/C=C/c2ccc(O)c(O)c2)C[C@@H](O)[C@H](O)[C@H](OC(=O)/C=C/c2ccc(O)c(O)c2)C1. The zero-order chi connectivity index (χ0) is 28.0. The minimum absolute atomic E-state index is 0.323. The number of aliphatic hydroxyl groups excluding tert-OH is 2. The van der Waals surface area contributed by atoms with Crippen LogP contribution in [0.1, 0.15) is 24.0 Å². The van der Waals surface area contributed by atoms with Crippen LogP contribution in [-0.4, -0.2) is 79.6 Å². The molecule has 4 atom stereocenters. The van der Waals surface area contributed by atoms with Crippen molar-refractivity contribution in [3.63, 3.8) is 0 Å². The maximum Gasteiger partial charge on any atom is 0.350 e. The fraction of sp³-hybridized carbons (Fsp3) is 0.269. The third-order valence-corrected chi connectivity index (χ3v) is 5.79. The Labute approximate surface area is 216 Å². The number of esters is 3. The molecule has 2 aromatic carbocycles. The van der Waals surface area contributed by atoms with Crippen LogP contribution in [0.4, 0.5) is 0 Å². The summed E-state index contributed by atoms with van der Waals surface area (Å²) < 4.78 is 15.3. The second kappa shape index (κ2) is 11.7. The summed E-state index contributed by atoms with van der Waals surface area (Å²) in [5.41, 5.74) is -1.44. The molecule has 1 saturated carbocycles. The minimum Gasteiger partial charge on any atom is -0.504 e. The Hall–Kier alpha value is -4.55. The molecule has 0 aliphatic heterocycles. The quantitative estimate of drug-likeness (QED) is 0.129. The van der Waals surface area contributed by atoms with Crippen LogP contribution in [0.15, 0.2) is 48.6 Å². The summed E-state index contributed by atoms with van der Waals surface area (Å²) in [5.74, 6) is -4.61. The molecular formula is C26H26O12. The number of hydrogen-bond acceptors (Lipinski definition) is 12. The van der Waals surface area contributed by atoms with E-state index in [1.165, 1.54) is 48.6 Å². The lowest BCUT2D eigenvalue weighted by atomic mass is 9.79. The third-order valence-electron chi connectivity index (χ3n) is 5.79. The van der Waals surface area contributed by atoms with E-state index in [1.807, 2.05) is 0 Å². The highest BCUT2D eigenvalue weighted by molar-refractivity contribution is 5.91. The second-order valence-corrected chi connectivity index (χ2v) is 8.51. The fourth-order valence-corrected chi connectivity index (χ4v) is 3.86. The van der Waals surface area contributed by atoms with Gasteiger partial charge in [-0.1, -0.05) is 12.1 Å². The summed E-state index contributed by atoms with van der Waals surface area (Å²) in [6.07, 6.45) is -1.41. The van der Waals surface area contributed by atoms with E-state index in [9.17, 15) is 45.0 Å². The molecule has 202 valence electrons. The molecule has 3 rings (SSSR count). The fourth-order valence-electron chi connectivity index (χ4n) is 3.86. The predicted molar refractivity (Wildman–Crippen MR) is 130 cm³/mol. The number of aromatic hydroxyl groups is 4. The normalized spacial score (nSPS) is 23.3. The zero-order valence-corrected chi connectivity index (χ0v) is 20.1. The van der Waals surface area contributed by atoms with Crippen molar-refractivity contribution in [2.75, 3.05) is 7.11 Å². The number of methoxy groups -OCH3 is 1. The smallest absolute Gasteiger partial charge is 0.350 e. The van der Waals surface area contributed by atoms with Crippen LogP contribution in [0, 0.1) is 0 Å². The number of carbonyl (C=O) groups is 3. The van der Waals surface area contributed by atoms with Gasteiger partial charge in [-0.15, -0.1) is 0 Å². The Morgan fingerprint density at radius 1 is 0.816 bits per heavy atom. The molecule has 1 aliphatic carbocycles. The molecule has 0 saturated heterocycles. The Morgan fingerprint density at radius 3 is 1.84 bits per heavy atom. The average Bonchev–Trinajstić information content (AvgIpc) is 2.87. The number of ether oxygens (including phenoxy) is 3. The number of rotatable bonds is 7. The van der Waals surface area contributed by atoms with E-state index >= 15 is 0 Å². The first-order chi connectivity index (χ1) is 17.9. The van der Waals surface area contributed by atoms with E-state index in [4.69, 9.17) is 14.2 Å². The highest BCUT2D eigenvalue weighted by Gasteiger charge is 2.54. The average molecular weight is 530 g/mol. The van der Waals surface area contributed by atoms with Crippen molar-refractivity contribution < 1.29 is 59.2 Å². The number of benzene rings is 2. The first-order valence-corrected chi connectivity index (χ1v) is 11.2. The molecule has 0 unspecified atom stereocenters. The number of phenols is 4. The highest BCUT2D eigenvalue weighted by Crippen LogP contribution is 2.36. The largest absolute Gasteiger partial charge is 0.504 e. The molecule has 6 N–H and O–H groups in total. The van der Waals surface area contributed by atoms with Gasteiger partial charge in [-0.25, -0.2) is 14.4 Å². The molecule has 12 heteroatoms. The van der Waals surface area contributed by atoms with E-state index in [-0.39, 0.29) is 11.5 Å². The van der Waals surface area contributed by atoms with Gasteiger partial charge in [0, 0.05) is 25.0 Å². The standard InChI is InChI=1S/C26H26O12/c1-36-25(35)26(38-23(33)9-5-15-3-7-17(28)19(30)11-15)12-20(31)24(34)21(13-26)37-22(32)8-4-14-2-6-16(27)18(29)10-14/h2-11,20-21,24,27-31,34H,12-13H2,1H3/b8-4+,9-5+/t20-,21-,24+,26-/m1/s1. The van der Waals surface area contributed by atoms with E-state index in [2.05, 4.69) is 0 Å². The molecule has 0 spiro atoms. The summed E-state index contributed by atoms with van der Waals surface area (Å²) in [6.45, 7) is 0. The van der Waals surface area contributed by atoms with Crippen LogP contribution in [0.5, 0.6) is 23.0 Å². The highest BCUT2D eigenvalue weighted by atomic mass is 16.6. The summed E-state index contributed by atoms with van der Waals surface area (Å²) in [6, 6.07) is 7.59. The van der Waals surface area contributed by atoms with Crippen molar-refractivity contribution in [3.8, 4) is 23.0 Å². The Kier molecular flexibility index (Phi) is 8.61. The molecule has 1 aliphatic rings. The lowest BCUT2D eigenvalue weighted by Crippen LogP contribution is -2.59. The molecule has 0 bridgehead atoms. The van der Waals surface area contributed by atoms with Gasteiger partial charge in [0.15, 0.2) is 23.0 Å². The van der Waals surface area contributed by atoms with Crippen LogP contribution < -0.4 is 0 Å². The van der Waals surface area contributed by atoms with Gasteiger partial charge in [0.05, 0.1) is 13.2 Å². The molecule has 38 heavy (non-hydrogen) atoms. The lowest BCUT2D eigenvalue weighted by Gasteiger charge is -2.41. The Bertz CT molecular complexity index is 1270. The van der Waals surface area contributed by atoms with Gasteiger partial charge < -0.3 is 44.8 Å². The van der Waals surface area contributed by atoms with Crippen LogP contribution in [-0.2, 0) is 28.6 Å². The monoisotopic (exact) mass is 530 g/mol. The maximum atomic E-state index is 12.7. The summed E-state index contributed by atoms with van der Waals surface area (Å²) in [5, 5.41) is 58.7. The first kappa shape index (κ1) is 28.0. The van der Waals surface area contributed by atoms with Crippen molar-refractivity contribution in [2.45, 2.75) is 36.8 Å². The predicted octanol–water partition coefficient (Wildman–Crippen LogP) is 1.12. The molecule has 0 heterocycles. The minimum atomic E-state index is -2.11. The van der Waals surface area contributed by atoms with Gasteiger partial charge in [0.1, 0.15) is 12.2 Å². The van der Waals surface area contributed by atoms with Gasteiger partial charge in [-0.3, -0.25) is 0 Å². The van der Waals surface area contributed by atoms with Crippen LogP contribution >= 0.6 is 0 Å². The summed E-state index contributed by atoms with van der Waals surface area (Å²) >= 11 is 0. The number of hydrogen-bond donors (Lipinski definition) is 6. The molecule has 1 fully saturated rings. The molecule has 0 aromatic heterocycles. The third kappa shape index (κ3) is 6.60. The van der Waals surface area contributed by atoms with E-state index in [0.717, 1.165) is 19.3 Å². The second-order valence-electron chi connectivity index (χ2n) is 8.51. The van der Waals surface area contributed by atoms with Gasteiger partial charge in [-0.2, -0.15) is 0 Å². The Balaban J connectivity index is 1.76. The van der Waals surface area contributed by atoms with Crippen molar-refractivity contribution in [3.05, 3.63) is 59.7 Å². The number of aliphatic hydroxyl groups is 2. The maximum absolute atomic E-state index is 12.7.